The second-order valence-corrected chi connectivity index (χ2v) is 6.32. The third-order valence-corrected chi connectivity index (χ3v) is 4.34. The van der Waals surface area contributed by atoms with Gasteiger partial charge in [-0.15, -0.1) is 5.10 Å². The molecule has 7 nitrogen and oxygen atoms in total. The van der Waals surface area contributed by atoms with Gasteiger partial charge in [-0.2, -0.15) is 0 Å². The lowest BCUT2D eigenvalue weighted by atomic mass is 10.2. The van der Waals surface area contributed by atoms with Crippen molar-refractivity contribution in [3.8, 4) is 17.3 Å². The molecule has 140 valence electrons. The van der Waals surface area contributed by atoms with Gasteiger partial charge in [-0.3, -0.25) is 0 Å². The fourth-order valence-electron chi connectivity index (χ4n) is 2.94. The highest BCUT2D eigenvalue weighted by Gasteiger charge is 2.12. The van der Waals surface area contributed by atoms with Crippen molar-refractivity contribution in [2.75, 3.05) is 26.8 Å². The van der Waals surface area contributed by atoms with Crippen molar-refractivity contribution in [3.05, 3.63) is 48.7 Å². The van der Waals surface area contributed by atoms with Crippen molar-refractivity contribution >= 4 is 16.6 Å². The lowest BCUT2D eigenvalue weighted by molar-refractivity contribution is 0.0410. The number of imidazole rings is 1. The summed E-state index contributed by atoms with van der Waals surface area (Å²) in [4.78, 5) is 4.33. The molecule has 3 aromatic heterocycles. The summed E-state index contributed by atoms with van der Waals surface area (Å²) >= 11 is 0. The van der Waals surface area contributed by atoms with Gasteiger partial charge < -0.3 is 19.2 Å². The van der Waals surface area contributed by atoms with Gasteiger partial charge in [-0.1, -0.05) is 18.2 Å². The van der Waals surface area contributed by atoms with Crippen LogP contribution in [0.3, 0.4) is 0 Å². The van der Waals surface area contributed by atoms with Crippen LogP contribution in [0.15, 0.2) is 53.1 Å². The molecule has 1 aromatic carbocycles. The molecule has 27 heavy (non-hydrogen) atoms. The van der Waals surface area contributed by atoms with Gasteiger partial charge in [-0.05, 0) is 25.1 Å². The van der Waals surface area contributed by atoms with Gasteiger partial charge in [0.2, 0.25) is 5.88 Å². The molecule has 0 radical (unpaired) electrons. The average Bonchev–Trinajstić information content (AvgIpc) is 3.32. The van der Waals surface area contributed by atoms with E-state index in [1.807, 2.05) is 36.4 Å². The highest BCUT2D eigenvalue weighted by atomic mass is 16.5. The summed E-state index contributed by atoms with van der Waals surface area (Å²) in [6.07, 6.45) is 2.17. The van der Waals surface area contributed by atoms with Crippen LogP contribution in [0, 0.1) is 0 Å². The molecular formula is C20H22N4O3. The quantitative estimate of drug-likeness (QED) is 0.587. The van der Waals surface area contributed by atoms with Crippen LogP contribution in [0.5, 0.6) is 5.88 Å². The Morgan fingerprint density at radius 2 is 2.11 bits per heavy atom. The maximum Gasteiger partial charge on any atom is 0.231 e. The Morgan fingerprint density at radius 3 is 2.81 bits per heavy atom. The van der Waals surface area contributed by atoms with Crippen LogP contribution in [0.25, 0.3) is 28.1 Å². The number of hydrogen-bond acceptors (Lipinski definition) is 6. The molecule has 4 heterocycles. The number of nitrogens with one attached hydrogen (secondary N) is 1. The van der Waals surface area contributed by atoms with Gasteiger partial charge in [0.15, 0.2) is 11.4 Å². The Labute approximate surface area is 156 Å². The van der Waals surface area contributed by atoms with Crippen molar-refractivity contribution in [3.63, 3.8) is 0 Å². The predicted octanol–water partition coefficient (Wildman–Crippen LogP) is 3.15. The topological polar surface area (TPSA) is 73.8 Å². The second-order valence-electron chi connectivity index (χ2n) is 6.32. The van der Waals surface area contributed by atoms with Crippen molar-refractivity contribution in [1.82, 2.24) is 19.9 Å². The normalized spacial score (nSPS) is 16.9. The van der Waals surface area contributed by atoms with Gasteiger partial charge in [-0.25, -0.2) is 9.50 Å². The van der Waals surface area contributed by atoms with Crippen molar-refractivity contribution in [1.29, 1.82) is 0 Å². The number of methoxy groups -OCH3 is 1. The lowest BCUT2D eigenvalue weighted by Gasteiger charge is -2.18. The van der Waals surface area contributed by atoms with E-state index in [1.54, 1.807) is 23.9 Å². The maximum absolute atomic E-state index is 5.85. The largest absolute Gasteiger partial charge is 0.480 e. The zero-order valence-electron chi connectivity index (χ0n) is 15.4. The third-order valence-electron chi connectivity index (χ3n) is 4.34. The highest BCUT2D eigenvalue weighted by Crippen LogP contribution is 2.28. The highest BCUT2D eigenvalue weighted by molar-refractivity contribution is 5.82. The van der Waals surface area contributed by atoms with Crippen LogP contribution < -0.4 is 10.1 Å². The first-order valence-electron chi connectivity index (χ1n) is 8.94. The maximum atomic E-state index is 5.85. The fourth-order valence-corrected chi connectivity index (χ4v) is 2.94. The summed E-state index contributed by atoms with van der Waals surface area (Å²) < 4.78 is 17.9. The summed E-state index contributed by atoms with van der Waals surface area (Å²) in [5.74, 6) is 1.27. The Morgan fingerprint density at radius 1 is 1.22 bits per heavy atom. The molecule has 5 rings (SSSR count). The number of ether oxygens (including phenoxy) is 2. The van der Waals surface area contributed by atoms with Gasteiger partial charge >= 0.3 is 0 Å². The first-order valence-corrected chi connectivity index (χ1v) is 8.94. The molecule has 1 N–H and O–H groups in total. The van der Waals surface area contributed by atoms with Gasteiger partial charge in [0.25, 0.3) is 0 Å². The Kier molecular flexibility index (Phi) is 5.04. The molecule has 0 aliphatic carbocycles. The Bertz CT molecular complexity index is 1000. The lowest BCUT2D eigenvalue weighted by Crippen LogP contribution is -2.36. The summed E-state index contributed by atoms with van der Waals surface area (Å²) in [6.45, 7) is 4.98. The predicted molar refractivity (Wildman–Crippen MR) is 103 cm³/mol. The fraction of sp³-hybridized carbons (Fsp3) is 0.300. The van der Waals surface area contributed by atoms with E-state index in [0.717, 1.165) is 47.8 Å². The molecule has 1 fully saturated rings. The zero-order chi connectivity index (χ0) is 18.6. The molecular weight excluding hydrogens is 344 g/mol. The number of benzene rings is 1. The zero-order valence-corrected chi connectivity index (χ0v) is 15.4. The molecule has 4 aromatic rings. The molecule has 7 heteroatoms. The minimum absolute atomic E-state index is 0.425. The molecule has 1 saturated heterocycles. The summed E-state index contributed by atoms with van der Waals surface area (Å²) in [5.41, 5.74) is 2.40. The van der Waals surface area contributed by atoms with E-state index >= 15 is 0 Å². The number of hydrogen-bond donors (Lipinski definition) is 1. The number of rotatable bonds is 2. The van der Waals surface area contributed by atoms with Crippen molar-refractivity contribution < 1.29 is 13.9 Å². The number of morpholine rings is 1. The Balaban J connectivity index is 0.000000218. The van der Waals surface area contributed by atoms with Gasteiger partial charge in [0, 0.05) is 24.5 Å². The molecule has 0 saturated carbocycles. The van der Waals surface area contributed by atoms with E-state index in [0.29, 0.717) is 12.0 Å². The summed E-state index contributed by atoms with van der Waals surface area (Å²) in [7, 11) is 1.59. The van der Waals surface area contributed by atoms with E-state index in [-0.39, 0.29) is 0 Å². The number of nitrogens with zero attached hydrogens (tertiary/aromatic N) is 3. The van der Waals surface area contributed by atoms with E-state index in [1.165, 1.54) is 0 Å². The summed E-state index contributed by atoms with van der Waals surface area (Å²) in [6, 6.07) is 13.5. The number of furan rings is 1. The smallest absolute Gasteiger partial charge is 0.231 e. The van der Waals surface area contributed by atoms with Crippen LogP contribution in [-0.2, 0) is 4.74 Å². The van der Waals surface area contributed by atoms with Crippen LogP contribution in [-0.4, -0.2) is 47.5 Å². The monoisotopic (exact) mass is 366 g/mol. The van der Waals surface area contributed by atoms with Crippen LogP contribution >= 0.6 is 0 Å². The molecule has 1 atom stereocenters. The number of aromatic nitrogens is 3. The Hall–Kier alpha value is -2.90. The van der Waals surface area contributed by atoms with Crippen LogP contribution in [0.1, 0.15) is 6.92 Å². The standard InChI is InChI=1S/C15H11N3O2.C5H11NO/c1-19-15-7-6-14-16-9-11(18(14)17-15)13-8-10-4-2-3-5-12(10)20-13;1-5-4-6-2-3-7-5/h2-9H,1H3;5-6H,2-4H2,1H3. The third kappa shape index (κ3) is 3.79. The first-order chi connectivity index (χ1) is 13.2. The molecule has 1 aliphatic heterocycles. The van der Waals surface area contributed by atoms with Crippen molar-refractivity contribution in [2.45, 2.75) is 13.0 Å². The SMILES string of the molecule is CC1CNCCO1.COc1ccc2ncc(-c3cc4ccccc4o3)n2n1. The molecule has 0 bridgehead atoms. The second kappa shape index (κ2) is 7.77. The molecule has 0 amide bonds. The van der Waals surface area contributed by atoms with E-state index < -0.39 is 0 Å². The summed E-state index contributed by atoms with van der Waals surface area (Å²) in [5, 5.41) is 8.64. The number of para-hydroxylation sites is 1. The number of fused-ring (bicyclic) bond motifs is 2. The average molecular weight is 366 g/mol. The molecule has 1 unspecified atom stereocenters. The minimum atomic E-state index is 0.425. The van der Waals surface area contributed by atoms with Crippen LogP contribution in [0.4, 0.5) is 0 Å². The van der Waals surface area contributed by atoms with Crippen molar-refractivity contribution in [2.24, 2.45) is 0 Å². The minimum Gasteiger partial charge on any atom is -0.480 e. The molecule has 1 aliphatic rings. The molecule has 0 spiro atoms. The first kappa shape index (κ1) is 17.5. The van der Waals surface area contributed by atoms with E-state index in [2.05, 4.69) is 22.3 Å². The van der Waals surface area contributed by atoms with Gasteiger partial charge in [0.1, 0.15) is 11.3 Å². The van der Waals surface area contributed by atoms with Gasteiger partial charge in [0.05, 0.1) is 26.0 Å². The van der Waals surface area contributed by atoms with Crippen LogP contribution in [0.2, 0.25) is 0 Å². The van der Waals surface area contributed by atoms with E-state index in [4.69, 9.17) is 13.9 Å². The van der Waals surface area contributed by atoms with E-state index in [9.17, 15) is 0 Å².